The highest BCUT2D eigenvalue weighted by Crippen LogP contribution is 2.34. The summed E-state index contributed by atoms with van der Waals surface area (Å²) in [4.78, 5) is 34.1. The number of hydrogen-bond donors (Lipinski definition) is 2. The Balaban J connectivity index is 1.67. The molecule has 0 atom stereocenters. The largest absolute Gasteiger partial charge is 0.358 e. The van der Waals surface area contributed by atoms with Crippen LogP contribution in [0.4, 0.5) is 5.69 Å². The van der Waals surface area contributed by atoms with E-state index in [2.05, 4.69) is 29.0 Å². The van der Waals surface area contributed by atoms with Gasteiger partial charge in [0.2, 0.25) is 0 Å². The number of carbonyl (C=O) groups is 2. The standard InChI is InChI=1S/C25H33BN4O2/c1-4-29(5-2)12-13-30-11-7-6-8-21-23(25(30)32)16(3)22(27-21)15-19-18-14-17(26)9-10-20(18)28-24(19)31/h9-10,14-15,27H,4-8,11-13,26H2,1-3H3,(H,28,31)/b19-15-. The van der Waals surface area contributed by atoms with Gasteiger partial charge in [0, 0.05) is 42.3 Å². The predicted octanol–water partition coefficient (Wildman–Crippen LogP) is 2.19. The molecule has 168 valence electrons. The van der Waals surface area contributed by atoms with E-state index in [1.54, 1.807) is 0 Å². The Kier molecular flexibility index (Phi) is 6.56. The molecule has 1 aromatic heterocycles. The molecule has 0 bridgehead atoms. The minimum absolute atomic E-state index is 0.0980. The summed E-state index contributed by atoms with van der Waals surface area (Å²) in [6, 6.07) is 5.98. The quantitative estimate of drug-likeness (QED) is 0.543. The van der Waals surface area contributed by atoms with Crippen LogP contribution in [-0.4, -0.2) is 67.2 Å². The van der Waals surface area contributed by atoms with Crippen LogP contribution in [0.3, 0.4) is 0 Å². The molecule has 0 fully saturated rings. The zero-order valence-electron chi connectivity index (χ0n) is 19.7. The van der Waals surface area contributed by atoms with Crippen LogP contribution in [0.1, 0.15) is 59.6 Å². The average Bonchev–Trinajstić information content (AvgIpc) is 3.24. The van der Waals surface area contributed by atoms with E-state index >= 15 is 0 Å². The molecule has 2 aliphatic rings. The molecule has 0 saturated carbocycles. The third-order valence-electron chi connectivity index (χ3n) is 6.80. The summed E-state index contributed by atoms with van der Waals surface area (Å²) in [5.41, 5.74) is 7.09. The summed E-state index contributed by atoms with van der Waals surface area (Å²) in [7, 11) is 2.03. The second-order valence-electron chi connectivity index (χ2n) is 8.85. The van der Waals surface area contributed by atoms with Gasteiger partial charge in [-0.1, -0.05) is 31.4 Å². The number of rotatable bonds is 6. The first kappa shape index (κ1) is 22.4. The number of nitrogens with one attached hydrogen (secondary N) is 2. The molecular weight excluding hydrogens is 399 g/mol. The number of carbonyl (C=O) groups excluding carboxylic acids is 2. The molecule has 0 aliphatic carbocycles. The van der Waals surface area contributed by atoms with Gasteiger partial charge in [0.1, 0.15) is 7.85 Å². The van der Waals surface area contributed by atoms with E-state index in [0.29, 0.717) is 5.57 Å². The molecule has 32 heavy (non-hydrogen) atoms. The maximum atomic E-state index is 13.5. The maximum absolute atomic E-state index is 13.5. The first-order chi connectivity index (χ1) is 15.4. The van der Waals surface area contributed by atoms with Crippen molar-refractivity contribution in [2.45, 2.75) is 40.0 Å². The van der Waals surface area contributed by atoms with Crippen LogP contribution in [0, 0.1) is 6.92 Å². The number of aromatic nitrogens is 1. The Labute approximate surface area is 191 Å². The number of benzene rings is 1. The van der Waals surface area contributed by atoms with Gasteiger partial charge >= 0.3 is 0 Å². The Morgan fingerprint density at radius 2 is 1.97 bits per heavy atom. The van der Waals surface area contributed by atoms with Crippen molar-refractivity contribution >= 4 is 42.5 Å². The zero-order chi connectivity index (χ0) is 22.8. The molecule has 0 saturated heterocycles. The van der Waals surface area contributed by atoms with E-state index in [1.165, 1.54) is 0 Å². The fourth-order valence-electron chi connectivity index (χ4n) is 4.77. The van der Waals surface area contributed by atoms with Crippen molar-refractivity contribution in [1.82, 2.24) is 14.8 Å². The molecule has 1 aromatic carbocycles. The maximum Gasteiger partial charge on any atom is 0.256 e. The predicted molar refractivity (Wildman–Crippen MR) is 133 cm³/mol. The monoisotopic (exact) mass is 432 g/mol. The molecule has 6 nitrogen and oxygen atoms in total. The fraction of sp³-hybridized carbons (Fsp3) is 0.440. The number of amides is 2. The highest BCUT2D eigenvalue weighted by molar-refractivity contribution is 6.37. The lowest BCUT2D eigenvalue weighted by atomic mass is 9.92. The summed E-state index contributed by atoms with van der Waals surface area (Å²) < 4.78 is 0. The van der Waals surface area contributed by atoms with Crippen molar-refractivity contribution < 1.29 is 9.59 Å². The first-order valence-electron chi connectivity index (χ1n) is 11.8. The number of likely N-dealkylation sites (N-methyl/N-ethyl adjacent to an activating group) is 1. The molecule has 2 aromatic rings. The molecular formula is C25H33BN4O2. The fourth-order valence-corrected chi connectivity index (χ4v) is 4.77. The Bertz CT molecular complexity index is 1070. The number of H-pyrrole nitrogens is 1. The number of anilines is 1. The Morgan fingerprint density at radius 3 is 2.72 bits per heavy atom. The summed E-state index contributed by atoms with van der Waals surface area (Å²) >= 11 is 0. The van der Waals surface area contributed by atoms with Crippen molar-refractivity contribution in [3.05, 3.63) is 46.3 Å². The van der Waals surface area contributed by atoms with Crippen LogP contribution >= 0.6 is 0 Å². The van der Waals surface area contributed by atoms with Gasteiger partial charge in [-0.3, -0.25) is 9.59 Å². The zero-order valence-corrected chi connectivity index (χ0v) is 19.7. The SMILES string of the molecule is Bc1ccc2c(c1)/C(=C/c1[nH]c3c(c1C)C(=O)N(CCN(CC)CC)CCCC3)C(=O)N2. The minimum Gasteiger partial charge on any atom is -0.358 e. The smallest absolute Gasteiger partial charge is 0.256 e. The number of aryl methyl sites for hydroxylation is 1. The Morgan fingerprint density at radius 1 is 1.19 bits per heavy atom. The van der Waals surface area contributed by atoms with Gasteiger partial charge in [-0.2, -0.15) is 0 Å². The summed E-state index contributed by atoms with van der Waals surface area (Å²) in [5.74, 6) is 0.0107. The first-order valence-corrected chi connectivity index (χ1v) is 11.8. The molecule has 0 unspecified atom stereocenters. The molecule has 0 spiro atoms. The van der Waals surface area contributed by atoms with Crippen LogP contribution in [0.5, 0.6) is 0 Å². The lowest BCUT2D eigenvalue weighted by molar-refractivity contribution is -0.110. The van der Waals surface area contributed by atoms with Crippen molar-refractivity contribution in [2.24, 2.45) is 0 Å². The molecule has 2 N–H and O–H groups in total. The third kappa shape index (κ3) is 4.26. The highest BCUT2D eigenvalue weighted by atomic mass is 16.2. The van der Waals surface area contributed by atoms with Gasteiger partial charge < -0.3 is 20.1 Å². The van der Waals surface area contributed by atoms with Crippen LogP contribution < -0.4 is 10.8 Å². The normalized spacial score (nSPS) is 17.4. The van der Waals surface area contributed by atoms with Gasteiger partial charge in [0.25, 0.3) is 11.8 Å². The van der Waals surface area contributed by atoms with Gasteiger partial charge in [0.15, 0.2) is 0 Å². The minimum atomic E-state index is -0.0980. The number of fused-ring (bicyclic) bond motifs is 2. The van der Waals surface area contributed by atoms with E-state index in [0.717, 1.165) is 91.2 Å². The summed E-state index contributed by atoms with van der Waals surface area (Å²) in [6.07, 6.45) is 4.82. The van der Waals surface area contributed by atoms with Gasteiger partial charge in [-0.15, -0.1) is 0 Å². The second kappa shape index (κ2) is 9.37. The van der Waals surface area contributed by atoms with Crippen molar-refractivity contribution in [3.8, 4) is 0 Å². The molecule has 7 heteroatoms. The topological polar surface area (TPSA) is 68.4 Å². The van der Waals surface area contributed by atoms with Crippen LogP contribution in [0.25, 0.3) is 11.6 Å². The number of nitrogens with zero attached hydrogens (tertiary/aromatic N) is 2. The van der Waals surface area contributed by atoms with E-state index in [1.807, 2.05) is 43.9 Å². The van der Waals surface area contributed by atoms with Crippen molar-refractivity contribution in [1.29, 1.82) is 0 Å². The summed E-state index contributed by atoms with van der Waals surface area (Å²) in [5, 5.41) is 2.95. The average molecular weight is 432 g/mol. The van der Waals surface area contributed by atoms with E-state index in [-0.39, 0.29) is 11.8 Å². The highest BCUT2D eigenvalue weighted by Gasteiger charge is 2.28. The molecule has 2 amide bonds. The Hall–Kier alpha value is -2.80. The van der Waals surface area contributed by atoms with Crippen molar-refractivity contribution in [3.63, 3.8) is 0 Å². The molecule has 2 aliphatic heterocycles. The molecule has 4 rings (SSSR count). The molecule has 0 radical (unpaired) electrons. The lowest BCUT2D eigenvalue weighted by Gasteiger charge is -2.28. The van der Waals surface area contributed by atoms with E-state index < -0.39 is 0 Å². The van der Waals surface area contributed by atoms with Crippen LogP contribution in [0.2, 0.25) is 0 Å². The van der Waals surface area contributed by atoms with Crippen LogP contribution in [0.15, 0.2) is 18.2 Å². The van der Waals surface area contributed by atoms with Crippen molar-refractivity contribution in [2.75, 3.05) is 38.0 Å². The van der Waals surface area contributed by atoms with Gasteiger partial charge in [0.05, 0.1) is 11.1 Å². The molecule has 3 heterocycles. The van der Waals surface area contributed by atoms with Gasteiger partial charge in [-0.05, 0) is 57.0 Å². The van der Waals surface area contributed by atoms with E-state index in [4.69, 9.17) is 0 Å². The number of hydrogen-bond acceptors (Lipinski definition) is 3. The number of aromatic amines is 1. The third-order valence-corrected chi connectivity index (χ3v) is 6.80. The lowest BCUT2D eigenvalue weighted by Crippen LogP contribution is -2.40. The van der Waals surface area contributed by atoms with Gasteiger partial charge in [-0.25, -0.2) is 0 Å². The van der Waals surface area contributed by atoms with E-state index in [9.17, 15) is 9.59 Å². The second-order valence-corrected chi connectivity index (χ2v) is 8.85. The van der Waals surface area contributed by atoms with Crippen LogP contribution in [-0.2, 0) is 11.2 Å². The summed E-state index contributed by atoms with van der Waals surface area (Å²) in [6.45, 7) is 10.7.